The molecule has 1 aromatic heterocycles. The van der Waals surface area contributed by atoms with E-state index in [2.05, 4.69) is 15.4 Å². The van der Waals surface area contributed by atoms with Crippen LogP contribution in [0.5, 0.6) is 0 Å². The van der Waals surface area contributed by atoms with Gasteiger partial charge in [0.05, 0.1) is 7.11 Å². The molecule has 1 aromatic carbocycles. The number of aryl methyl sites for hydroxylation is 1. The number of rotatable bonds is 7. The zero-order valence-corrected chi connectivity index (χ0v) is 14.0. The third kappa shape index (κ3) is 5.51. The summed E-state index contributed by atoms with van der Waals surface area (Å²) in [6.07, 6.45) is 1.10. The molecule has 2 N–H and O–H groups in total. The highest BCUT2D eigenvalue weighted by Gasteiger charge is 2.09. The van der Waals surface area contributed by atoms with E-state index in [1.54, 1.807) is 35.6 Å². The highest BCUT2D eigenvalue weighted by Crippen LogP contribution is 2.12. The maximum Gasteiger partial charge on any atom is 0.325 e. The van der Waals surface area contributed by atoms with Crippen molar-refractivity contribution < 1.29 is 19.1 Å². The number of methoxy groups -OCH3 is 1. The van der Waals surface area contributed by atoms with Gasteiger partial charge in [0.1, 0.15) is 6.54 Å². The van der Waals surface area contributed by atoms with Crippen molar-refractivity contribution in [2.45, 2.75) is 12.8 Å². The van der Waals surface area contributed by atoms with E-state index in [1.165, 1.54) is 7.11 Å². The molecule has 0 aliphatic heterocycles. The summed E-state index contributed by atoms with van der Waals surface area (Å²) >= 11 is 1.61. The van der Waals surface area contributed by atoms with Crippen molar-refractivity contribution in [3.05, 3.63) is 52.2 Å². The van der Waals surface area contributed by atoms with Crippen LogP contribution in [0, 0.1) is 0 Å². The minimum Gasteiger partial charge on any atom is -0.468 e. The summed E-state index contributed by atoms with van der Waals surface area (Å²) in [7, 11) is 1.25. The van der Waals surface area contributed by atoms with E-state index >= 15 is 0 Å². The molecule has 7 heteroatoms. The Hall–Kier alpha value is -2.67. The second-order valence-corrected chi connectivity index (χ2v) is 5.80. The molecule has 0 spiro atoms. The minimum absolute atomic E-state index is 0.0795. The number of benzene rings is 1. The fraction of sp³-hybridized carbons (Fsp3) is 0.235. The first kappa shape index (κ1) is 17.7. The predicted octanol–water partition coefficient (Wildman–Crippen LogP) is 2.22. The summed E-state index contributed by atoms with van der Waals surface area (Å²) in [5, 5.41) is 9.24. The fourth-order valence-corrected chi connectivity index (χ4v) is 2.65. The van der Waals surface area contributed by atoms with Gasteiger partial charge in [0, 0.05) is 17.7 Å². The molecular weight excluding hydrogens is 328 g/mol. The number of esters is 1. The zero-order valence-electron chi connectivity index (χ0n) is 13.2. The Morgan fingerprint density at radius 3 is 2.50 bits per heavy atom. The van der Waals surface area contributed by atoms with Gasteiger partial charge in [-0.25, -0.2) is 0 Å². The van der Waals surface area contributed by atoms with Gasteiger partial charge in [-0.1, -0.05) is 0 Å². The van der Waals surface area contributed by atoms with Gasteiger partial charge in [0.2, 0.25) is 5.91 Å². The van der Waals surface area contributed by atoms with Gasteiger partial charge in [-0.05, 0) is 53.1 Å². The van der Waals surface area contributed by atoms with Crippen LogP contribution >= 0.6 is 11.3 Å². The number of amides is 2. The van der Waals surface area contributed by atoms with E-state index in [1.807, 2.05) is 16.8 Å². The highest BCUT2D eigenvalue weighted by atomic mass is 32.1. The van der Waals surface area contributed by atoms with Gasteiger partial charge in [-0.15, -0.1) is 0 Å². The number of hydrogen-bond acceptors (Lipinski definition) is 5. The van der Waals surface area contributed by atoms with Crippen LogP contribution in [0.2, 0.25) is 0 Å². The molecule has 6 nitrogen and oxygen atoms in total. The molecule has 0 radical (unpaired) electrons. The quantitative estimate of drug-likeness (QED) is 0.753. The molecule has 0 unspecified atom stereocenters. The first-order valence-corrected chi connectivity index (χ1v) is 8.29. The first-order chi connectivity index (χ1) is 11.6. The summed E-state index contributed by atoms with van der Waals surface area (Å²) in [4.78, 5) is 34.7. The van der Waals surface area contributed by atoms with Crippen molar-refractivity contribution in [3.8, 4) is 0 Å². The minimum atomic E-state index is -0.516. The fourth-order valence-electron chi connectivity index (χ4n) is 1.95. The van der Waals surface area contributed by atoms with E-state index in [9.17, 15) is 14.4 Å². The molecule has 0 aliphatic rings. The maximum atomic E-state index is 11.9. The van der Waals surface area contributed by atoms with Crippen molar-refractivity contribution in [2.24, 2.45) is 0 Å². The molecule has 2 amide bonds. The van der Waals surface area contributed by atoms with E-state index in [-0.39, 0.29) is 18.4 Å². The molecule has 1 heterocycles. The Morgan fingerprint density at radius 2 is 1.88 bits per heavy atom. The highest BCUT2D eigenvalue weighted by molar-refractivity contribution is 7.07. The summed E-state index contributed by atoms with van der Waals surface area (Å²) in [6.45, 7) is -0.184. The number of anilines is 1. The molecule has 0 atom stereocenters. The maximum absolute atomic E-state index is 11.9. The number of thiophene rings is 1. The third-order valence-electron chi connectivity index (χ3n) is 3.27. The van der Waals surface area contributed by atoms with Crippen LogP contribution in [0.4, 0.5) is 5.69 Å². The second-order valence-electron chi connectivity index (χ2n) is 5.02. The molecule has 24 heavy (non-hydrogen) atoms. The van der Waals surface area contributed by atoms with Crippen molar-refractivity contribution >= 4 is 34.8 Å². The van der Waals surface area contributed by atoms with E-state index in [0.29, 0.717) is 24.1 Å². The molecule has 126 valence electrons. The Kier molecular flexibility index (Phi) is 6.51. The third-order valence-corrected chi connectivity index (χ3v) is 4.00. The molecule has 2 rings (SSSR count). The van der Waals surface area contributed by atoms with Gasteiger partial charge in [-0.2, -0.15) is 11.3 Å². The molecule has 0 saturated heterocycles. The number of hydrogen-bond donors (Lipinski definition) is 2. The van der Waals surface area contributed by atoms with Crippen molar-refractivity contribution in [2.75, 3.05) is 19.0 Å². The lowest BCUT2D eigenvalue weighted by Crippen LogP contribution is -2.30. The number of carbonyl (C=O) groups excluding carboxylic acids is 3. The van der Waals surface area contributed by atoms with Crippen LogP contribution in [-0.4, -0.2) is 31.4 Å². The largest absolute Gasteiger partial charge is 0.468 e. The monoisotopic (exact) mass is 346 g/mol. The standard InChI is InChI=1S/C17H18N2O4S/c1-23-16(21)10-18-17(22)13-3-5-14(6-4-13)19-15(20)7-2-12-8-9-24-11-12/h3-6,8-9,11H,2,7,10H2,1H3,(H,18,22)(H,19,20). The topological polar surface area (TPSA) is 84.5 Å². The van der Waals surface area contributed by atoms with Gasteiger partial charge >= 0.3 is 5.97 Å². The van der Waals surface area contributed by atoms with Crippen molar-refractivity contribution in [1.29, 1.82) is 0 Å². The van der Waals surface area contributed by atoms with E-state index in [0.717, 1.165) is 5.56 Å². The van der Waals surface area contributed by atoms with Crippen molar-refractivity contribution in [1.82, 2.24) is 5.32 Å². The van der Waals surface area contributed by atoms with E-state index in [4.69, 9.17) is 0 Å². The Labute approximate surface area is 143 Å². The normalized spacial score (nSPS) is 10.0. The van der Waals surface area contributed by atoms with Gasteiger partial charge in [0.15, 0.2) is 0 Å². The van der Waals surface area contributed by atoms with Gasteiger partial charge in [0.25, 0.3) is 5.91 Å². The van der Waals surface area contributed by atoms with Crippen LogP contribution in [0.3, 0.4) is 0 Å². The Bertz CT molecular complexity index is 696. The summed E-state index contributed by atoms with van der Waals surface area (Å²) in [5.74, 6) is -0.974. The summed E-state index contributed by atoms with van der Waals surface area (Å²) in [5.41, 5.74) is 2.16. The number of ether oxygens (including phenoxy) is 1. The smallest absolute Gasteiger partial charge is 0.325 e. The number of carbonyl (C=O) groups is 3. The Morgan fingerprint density at radius 1 is 1.12 bits per heavy atom. The van der Waals surface area contributed by atoms with Crippen LogP contribution in [0.25, 0.3) is 0 Å². The number of nitrogens with one attached hydrogen (secondary N) is 2. The van der Waals surface area contributed by atoms with Gasteiger partial charge in [-0.3, -0.25) is 14.4 Å². The molecule has 2 aromatic rings. The van der Waals surface area contributed by atoms with Gasteiger partial charge < -0.3 is 15.4 Å². The first-order valence-electron chi connectivity index (χ1n) is 7.34. The SMILES string of the molecule is COC(=O)CNC(=O)c1ccc(NC(=O)CCc2ccsc2)cc1. The van der Waals surface area contributed by atoms with Crippen molar-refractivity contribution in [3.63, 3.8) is 0 Å². The van der Waals surface area contributed by atoms with Crippen LogP contribution in [0.1, 0.15) is 22.3 Å². The zero-order chi connectivity index (χ0) is 17.4. The van der Waals surface area contributed by atoms with Crippen LogP contribution in [-0.2, 0) is 20.7 Å². The molecular formula is C17H18N2O4S. The van der Waals surface area contributed by atoms with Crippen LogP contribution < -0.4 is 10.6 Å². The Balaban J connectivity index is 1.81. The predicted molar refractivity (Wildman–Crippen MR) is 92.1 cm³/mol. The molecule has 0 fully saturated rings. The molecule has 0 saturated carbocycles. The van der Waals surface area contributed by atoms with E-state index < -0.39 is 5.97 Å². The lowest BCUT2D eigenvalue weighted by atomic mass is 10.1. The second kappa shape index (κ2) is 8.83. The average Bonchev–Trinajstić information content (AvgIpc) is 3.11. The average molecular weight is 346 g/mol. The molecule has 0 aliphatic carbocycles. The lowest BCUT2D eigenvalue weighted by molar-refractivity contribution is -0.139. The molecule has 0 bridgehead atoms. The van der Waals surface area contributed by atoms with Crippen LogP contribution in [0.15, 0.2) is 41.1 Å². The lowest BCUT2D eigenvalue weighted by Gasteiger charge is -2.07. The summed E-state index contributed by atoms with van der Waals surface area (Å²) in [6, 6.07) is 8.47. The summed E-state index contributed by atoms with van der Waals surface area (Å²) < 4.78 is 4.45.